The number of halogens is 4. The van der Waals surface area contributed by atoms with Gasteiger partial charge in [0.1, 0.15) is 0 Å². The van der Waals surface area contributed by atoms with Crippen LogP contribution in [0.2, 0.25) is 0 Å². The molecule has 0 fully saturated rings. The summed E-state index contributed by atoms with van der Waals surface area (Å²) in [4.78, 5) is 35.0. The Labute approximate surface area is 124 Å². The fourth-order valence-corrected chi connectivity index (χ4v) is 2.32. The molecule has 1 atom stereocenters. The summed E-state index contributed by atoms with van der Waals surface area (Å²) in [5, 5.41) is 8.92. The Bertz CT molecular complexity index is 673. The number of amides is 2. The van der Waals surface area contributed by atoms with Crippen LogP contribution in [0.15, 0.2) is 22.7 Å². The Morgan fingerprint density at radius 1 is 1.19 bits per heavy atom. The molecule has 0 spiro atoms. The van der Waals surface area contributed by atoms with Crippen molar-refractivity contribution in [2.75, 3.05) is 0 Å². The third kappa shape index (κ3) is 2.03. The number of rotatable bonds is 2. The minimum Gasteiger partial charge on any atom is -0.479 e. The lowest BCUT2D eigenvalue weighted by molar-refractivity contribution is -0.219. The number of carbonyl (C=O) groups is 3. The molecule has 1 aliphatic rings. The summed E-state index contributed by atoms with van der Waals surface area (Å²) in [5.74, 6) is -4.91. The zero-order chi connectivity index (χ0) is 16.2. The summed E-state index contributed by atoms with van der Waals surface area (Å²) >= 11 is 3.03. The van der Waals surface area contributed by atoms with Crippen molar-refractivity contribution in [3.63, 3.8) is 0 Å². The lowest BCUT2D eigenvalue weighted by Crippen LogP contribution is -2.63. The van der Waals surface area contributed by atoms with Crippen molar-refractivity contribution in [2.24, 2.45) is 0 Å². The summed E-state index contributed by atoms with van der Waals surface area (Å²) < 4.78 is 39.7. The van der Waals surface area contributed by atoms with Gasteiger partial charge in [0, 0.05) is 4.47 Å². The molecule has 1 aromatic carbocycles. The van der Waals surface area contributed by atoms with Crippen LogP contribution in [0.1, 0.15) is 27.6 Å². The van der Waals surface area contributed by atoms with Gasteiger partial charge in [-0.25, -0.2) is 9.69 Å². The van der Waals surface area contributed by atoms with E-state index in [-0.39, 0.29) is 23.0 Å². The van der Waals surface area contributed by atoms with E-state index in [4.69, 9.17) is 5.11 Å². The Kier molecular flexibility index (Phi) is 3.36. The van der Waals surface area contributed by atoms with Gasteiger partial charge in [-0.05, 0) is 25.1 Å². The average Bonchev–Trinajstić information content (AvgIpc) is 2.59. The number of aliphatic carboxylic acids is 1. The largest absolute Gasteiger partial charge is 0.479 e. The minimum absolute atomic E-state index is 0.258. The molecular formula is C12H7BrF3NO4. The molecule has 1 aliphatic heterocycles. The Morgan fingerprint density at radius 2 is 1.71 bits per heavy atom. The maximum Gasteiger partial charge on any atom is 0.422 e. The van der Waals surface area contributed by atoms with E-state index in [0.717, 1.165) is 6.07 Å². The molecule has 1 heterocycles. The lowest BCUT2D eigenvalue weighted by Gasteiger charge is -2.34. The number of hydrogen-bond acceptors (Lipinski definition) is 3. The zero-order valence-corrected chi connectivity index (χ0v) is 11.9. The van der Waals surface area contributed by atoms with E-state index in [9.17, 15) is 27.6 Å². The van der Waals surface area contributed by atoms with Gasteiger partial charge in [0.05, 0.1) is 11.1 Å². The second-order valence-electron chi connectivity index (χ2n) is 4.51. The maximum atomic E-state index is 13.1. The Morgan fingerprint density at radius 3 is 2.19 bits per heavy atom. The summed E-state index contributed by atoms with van der Waals surface area (Å²) in [6.07, 6.45) is -5.32. The quantitative estimate of drug-likeness (QED) is 0.816. The van der Waals surface area contributed by atoms with Gasteiger partial charge in [-0.15, -0.1) is 0 Å². The molecule has 0 bridgehead atoms. The van der Waals surface area contributed by atoms with Gasteiger partial charge in [0.25, 0.3) is 11.8 Å². The van der Waals surface area contributed by atoms with Crippen molar-refractivity contribution in [1.29, 1.82) is 0 Å². The highest BCUT2D eigenvalue weighted by Gasteiger charge is 2.66. The fourth-order valence-electron chi connectivity index (χ4n) is 1.96. The average molecular weight is 366 g/mol. The van der Waals surface area contributed by atoms with Crippen LogP contribution in [0.5, 0.6) is 0 Å². The number of imide groups is 1. The van der Waals surface area contributed by atoms with Crippen LogP contribution in [-0.2, 0) is 4.79 Å². The van der Waals surface area contributed by atoms with Crippen LogP contribution in [-0.4, -0.2) is 39.5 Å². The number of hydrogen-bond donors (Lipinski definition) is 1. The monoisotopic (exact) mass is 365 g/mol. The van der Waals surface area contributed by atoms with Crippen LogP contribution in [0.3, 0.4) is 0 Å². The molecular weight excluding hydrogens is 359 g/mol. The molecule has 1 aromatic rings. The second-order valence-corrected chi connectivity index (χ2v) is 5.43. The topological polar surface area (TPSA) is 74.7 Å². The minimum atomic E-state index is -5.32. The lowest BCUT2D eigenvalue weighted by atomic mass is 9.99. The number of carboxylic acids is 1. The molecule has 112 valence electrons. The first-order chi connectivity index (χ1) is 9.51. The van der Waals surface area contributed by atoms with Crippen molar-refractivity contribution in [1.82, 2.24) is 4.90 Å². The number of carboxylic acid groups (broad SMARTS) is 1. The highest BCUT2D eigenvalue weighted by molar-refractivity contribution is 9.10. The van der Waals surface area contributed by atoms with Gasteiger partial charge < -0.3 is 5.11 Å². The first-order valence-electron chi connectivity index (χ1n) is 5.50. The summed E-state index contributed by atoms with van der Waals surface area (Å²) in [7, 11) is 0. The van der Waals surface area contributed by atoms with Crippen molar-refractivity contribution in [3.05, 3.63) is 33.8 Å². The highest BCUT2D eigenvalue weighted by atomic mass is 79.9. The summed E-state index contributed by atoms with van der Waals surface area (Å²) in [5.41, 5.74) is -4.17. The standard InChI is InChI=1S/C12H7BrF3NO4/c1-11(10(20)21,12(14,15)16)17-8(18)6-3-2-5(13)4-7(6)9(17)19/h2-4H,1H3,(H,20,21). The molecule has 2 amide bonds. The molecule has 0 saturated heterocycles. The van der Waals surface area contributed by atoms with Gasteiger partial charge in [-0.2, -0.15) is 13.2 Å². The number of fused-ring (bicyclic) bond motifs is 1. The van der Waals surface area contributed by atoms with E-state index in [1.165, 1.54) is 12.1 Å². The van der Waals surface area contributed by atoms with E-state index >= 15 is 0 Å². The van der Waals surface area contributed by atoms with Crippen LogP contribution >= 0.6 is 15.9 Å². The van der Waals surface area contributed by atoms with Crippen LogP contribution < -0.4 is 0 Å². The van der Waals surface area contributed by atoms with Crippen molar-refractivity contribution < 1.29 is 32.7 Å². The summed E-state index contributed by atoms with van der Waals surface area (Å²) in [6.45, 7) is 0.284. The summed E-state index contributed by atoms with van der Waals surface area (Å²) in [6, 6.07) is 3.71. The predicted molar refractivity (Wildman–Crippen MR) is 66.7 cm³/mol. The van der Waals surface area contributed by atoms with Gasteiger partial charge in [-0.1, -0.05) is 15.9 Å². The number of carbonyl (C=O) groups excluding carboxylic acids is 2. The van der Waals surface area contributed by atoms with Crippen molar-refractivity contribution >= 4 is 33.7 Å². The van der Waals surface area contributed by atoms with E-state index in [0.29, 0.717) is 4.47 Å². The third-order valence-electron chi connectivity index (χ3n) is 3.26. The molecule has 1 N–H and O–H groups in total. The molecule has 2 rings (SSSR count). The van der Waals surface area contributed by atoms with Gasteiger partial charge in [0.15, 0.2) is 0 Å². The first kappa shape index (κ1) is 15.5. The Balaban J connectivity index is 2.65. The molecule has 0 aromatic heterocycles. The molecule has 0 saturated carbocycles. The highest BCUT2D eigenvalue weighted by Crippen LogP contribution is 2.40. The number of benzene rings is 1. The predicted octanol–water partition coefficient (Wildman–Crippen LogP) is 2.45. The van der Waals surface area contributed by atoms with Crippen LogP contribution in [0.25, 0.3) is 0 Å². The maximum absolute atomic E-state index is 13.1. The second kappa shape index (κ2) is 4.55. The number of nitrogens with zero attached hydrogens (tertiary/aromatic N) is 1. The normalized spacial score (nSPS) is 17.7. The SMILES string of the molecule is CC(C(=O)O)(N1C(=O)c2ccc(Br)cc2C1=O)C(F)(F)F. The van der Waals surface area contributed by atoms with Gasteiger partial charge in [0.2, 0.25) is 5.54 Å². The van der Waals surface area contributed by atoms with Crippen molar-refractivity contribution in [2.45, 2.75) is 18.6 Å². The van der Waals surface area contributed by atoms with E-state index in [1.54, 1.807) is 0 Å². The van der Waals surface area contributed by atoms with Gasteiger partial charge >= 0.3 is 12.1 Å². The van der Waals surface area contributed by atoms with Crippen molar-refractivity contribution in [3.8, 4) is 0 Å². The van der Waals surface area contributed by atoms with E-state index in [2.05, 4.69) is 15.9 Å². The molecule has 0 radical (unpaired) electrons. The first-order valence-corrected chi connectivity index (χ1v) is 6.29. The van der Waals surface area contributed by atoms with Crippen LogP contribution in [0.4, 0.5) is 13.2 Å². The molecule has 9 heteroatoms. The molecule has 5 nitrogen and oxygen atoms in total. The third-order valence-corrected chi connectivity index (χ3v) is 3.76. The van der Waals surface area contributed by atoms with E-state index in [1.807, 2.05) is 0 Å². The van der Waals surface area contributed by atoms with E-state index < -0.39 is 29.5 Å². The Hall–Kier alpha value is -1.90. The smallest absolute Gasteiger partial charge is 0.422 e. The van der Waals surface area contributed by atoms with Gasteiger partial charge in [-0.3, -0.25) is 9.59 Å². The zero-order valence-electron chi connectivity index (χ0n) is 10.4. The molecule has 1 unspecified atom stereocenters. The number of alkyl halides is 3. The van der Waals surface area contributed by atoms with Crippen LogP contribution in [0, 0.1) is 0 Å². The fraction of sp³-hybridized carbons (Fsp3) is 0.250. The molecule has 0 aliphatic carbocycles. The molecule has 21 heavy (non-hydrogen) atoms.